The highest BCUT2D eigenvalue weighted by Crippen LogP contribution is 2.40. The molecule has 0 spiro atoms. The van der Waals surface area contributed by atoms with Gasteiger partial charge in [-0.15, -0.1) is 0 Å². The highest BCUT2D eigenvalue weighted by atomic mass is 16.5. The number of fused-ring (bicyclic) bond motifs is 1. The van der Waals surface area contributed by atoms with Gasteiger partial charge < -0.3 is 15.2 Å². The first-order valence-electron chi connectivity index (χ1n) is 7.44. The van der Waals surface area contributed by atoms with E-state index in [1.54, 1.807) is 38.2 Å². The topological polar surface area (TPSA) is 101 Å². The number of aliphatic hydroxyl groups excluding tert-OH is 1. The van der Waals surface area contributed by atoms with Gasteiger partial charge in [-0.2, -0.15) is 15.5 Å². The molecule has 6 heteroatoms. The molecule has 1 heterocycles. The molecule has 0 bridgehead atoms. The maximum Gasteiger partial charge on any atom is 0.207 e. The van der Waals surface area contributed by atoms with Gasteiger partial charge in [0.05, 0.1) is 17.7 Å². The summed E-state index contributed by atoms with van der Waals surface area (Å²) in [6.07, 6.45) is 0.912. The van der Waals surface area contributed by atoms with Crippen LogP contribution in [0.4, 0.5) is 0 Å². The van der Waals surface area contributed by atoms with Crippen LogP contribution in [0.1, 0.15) is 44.9 Å². The molecule has 0 saturated heterocycles. The minimum absolute atomic E-state index is 0.00425. The number of hydrogen-bond donors (Lipinski definition) is 2. The minimum Gasteiger partial charge on any atom is -0.485 e. The number of hydrogen-bond acceptors (Lipinski definition) is 5. The van der Waals surface area contributed by atoms with Crippen molar-refractivity contribution in [1.82, 2.24) is 5.32 Å². The summed E-state index contributed by atoms with van der Waals surface area (Å²) in [6, 6.07) is 6.67. The van der Waals surface area contributed by atoms with Crippen LogP contribution in [0, 0.1) is 28.7 Å². The van der Waals surface area contributed by atoms with E-state index >= 15 is 0 Å². The number of nitrogens with zero attached hydrogens (tertiary/aromatic N) is 3. The number of ether oxygens (including phenoxy) is 1. The van der Waals surface area contributed by atoms with Crippen LogP contribution in [0.15, 0.2) is 23.2 Å². The van der Waals surface area contributed by atoms with Crippen LogP contribution in [0.25, 0.3) is 0 Å². The maximum absolute atomic E-state index is 10.7. The molecule has 0 aromatic heterocycles. The molecule has 2 rings (SSSR count). The molecule has 0 fully saturated rings. The summed E-state index contributed by atoms with van der Waals surface area (Å²) < 4.78 is 5.86. The predicted molar refractivity (Wildman–Crippen MR) is 85.6 cm³/mol. The summed E-state index contributed by atoms with van der Waals surface area (Å²) in [5, 5.41) is 31.8. The molecule has 2 unspecified atom stereocenters. The number of amidine groups is 1. The summed E-state index contributed by atoms with van der Waals surface area (Å²) in [5.74, 6) is 1.09. The fourth-order valence-corrected chi connectivity index (χ4v) is 2.57. The minimum atomic E-state index is -0.869. The molecular formula is C17H20N4O2. The normalized spacial score (nSPS) is 22.5. The van der Waals surface area contributed by atoms with Gasteiger partial charge in [-0.05, 0) is 32.0 Å². The van der Waals surface area contributed by atoms with Crippen molar-refractivity contribution in [2.75, 3.05) is 0 Å². The van der Waals surface area contributed by atoms with Gasteiger partial charge >= 0.3 is 0 Å². The smallest absolute Gasteiger partial charge is 0.207 e. The fraction of sp³-hybridized carbons (Fsp3) is 0.471. The number of aliphatic hydroxyl groups is 1. The van der Waals surface area contributed by atoms with Gasteiger partial charge in [0.2, 0.25) is 6.19 Å². The number of nitrogens with one attached hydrogen (secondary N) is 1. The van der Waals surface area contributed by atoms with Crippen molar-refractivity contribution in [3.8, 4) is 18.0 Å². The van der Waals surface area contributed by atoms with Crippen molar-refractivity contribution >= 4 is 5.84 Å². The second kappa shape index (κ2) is 6.28. The second-order valence-corrected chi connectivity index (χ2v) is 6.39. The average molecular weight is 312 g/mol. The monoisotopic (exact) mass is 312 g/mol. The SMILES string of the molecule is CC(C)C(=NC#N)NC1c2cc(C#N)ccc2OC(C)(C)C1O. The lowest BCUT2D eigenvalue weighted by Gasteiger charge is -2.43. The van der Waals surface area contributed by atoms with E-state index in [0.717, 1.165) is 0 Å². The Labute approximate surface area is 136 Å². The zero-order chi connectivity index (χ0) is 17.2. The Morgan fingerprint density at radius 3 is 2.65 bits per heavy atom. The first-order valence-corrected chi connectivity index (χ1v) is 7.44. The number of benzene rings is 1. The third-order valence-electron chi connectivity index (χ3n) is 3.90. The molecule has 2 atom stereocenters. The highest BCUT2D eigenvalue weighted by Gasteiger charge is 2.43. The lowest BCUT2D eigenvalue weighted by molar-refractivity contribution is -0.0612. The first kappa shape index (κ1) is 16.8. The largest absolute Gasteiger partial charge is 0.485 e. The zero-order valence-electron chi connectivity index (χ0n) is 13.7. The van der Waals surface area contributed by atoms with Crippen molar-refractivity contribution in [1.29, 1.82) is 10.5 Å². The molecule has 1 aliphatic rings. The Morgan fingerprint density at radius 1 is 1.39 bits per heavy atom. The molecule has 0 amide bonds. The molecule has 0 saturated carbocycles. The molecule has 6 nitrogen and oxygen atoms in total. The van der Waals surface area contributed by atoms with E-state index in [-0.39, 0.29) is 5.92 Å². The Bertz CT molecular complexity index is 710. The Morgan fingerprint density at radius 2 is 2.09 bits per heavy atom. The molecule has 23 heavy (non-hydrogen) atoms. The van der Waals surface area contributed by atoms with E-state index in [1.807, 2.05) is 13.8 Å². The number of rotatable bonds is 2. The van der Waals surface area contributed by atoms with Crippen LogP contribution < -0.4 is 10.1 Å². The average Bonchev–Trinajstić information content (AvgIpc) is 2.50. The zero-order valence-corrected chi connectivity index (χ0v) is 13.7. The summed E-state index contributed by atoms with van der Waals surface area (Å²) in [4.78, 5) is 3.81. The van der Waals surface area contributed by atoms with Crippen LogP contribution >= 0.6 is 0 Å². The molecule has 1 aliphatic heterocycles. The van der Waals surface area contributed by atoms with E-state index in [0.29, 0.717) is 22.7 Å². The molecule has 0 radical (unpaired) electrons. The van der Waals surface area contributed by atoms with Gasteiger partial charge in [0.25, 0.3) is 0 Å². The van der Waals surface area contributed by atoms with Crippen molar-refractivity contribution in [2.45, 2.75) is 45.4 Å². The third-order valence-corrected chi connectivity index (χ3v) is 3.90. The van der Waals surface area contributed by atoms with Crippen molar-refractivity contribution in [3.63, 3.8) is 0 Å². The van der Waals surface area contributed by atoms with Gasteiger partial charge in [0.15, 0.2) is 0 Å². The quantitative estimate of drug-likeness (QED) is 0.495. The third kappa shape index (κ3) is 3.28. The van der Waals surface area contributed by atoms with E-state index in [9.17, 15) is 5.11 Å². The Balaban J connectivity index is 2.51. The van der Waals surface area contributed by atoms with E-state index in [2.05, 4.69) is 16.4 Å². The van der Waals surface area contributed by atoms with Gasteiger partial charge in [0, 0.05) is 11.5 Å². The Hall–Kier alpha value is -2.57. The van der Waals surface area contributed by atoms with Gasteiger partial charge in [0.1, 0.15) is 23.3 Å². The molecule has 0 aliphatic carbocycles. The van der Waals surface area contributed by atoms with Crippen LogP contribution in [0.2, 0.25) is 0 Å². The number of nitriles is 2. The van der Waals surface area contributed by atoms with Gasteiger partial charge in [-0.1, -0.05) is 13.8 Å². The summed E-state index contributed by atoms with van der Waals surface area (Å²) >= 11 is 0. The highest BCUT2D eigenvalue weighted by molar-refractivity contribution is 5.85. The summed E-state index contributed by atoms with van der Waals surface area (Å²) in [7, 11) is 0. The molecular weight excluding hydrogens is 292 g/mol. The van der Waals surface area contributed by atoms with Crippen molar-refractivity contribution < 1.29 is 9.84 Å². The number of aliphatic imine (C=N–C) groups is 1. The van der Waals surface area contributed by atoms with E-state index < -0.39 is 17.7 Å². The van der Waals surface area contributed by atoms with E-state index in [4.69, 9.17) is 15.3 Å². The molecule has 1 aromatic carbocycles. The summed E-state index contributed by atoms with van der Waals surface area (Å²) in [5.41, 5.74) is 0.352. The van der Waals surface area contributed by atoms with Crippen LogP contribution in [0.5, 0.6) is 5.75 Å². The lowest BCUT2D eigenvalue weighted by atomic mass is 9.85. The van der Waals surface area contributed by atoms with Crippen LogP contribution in [-0.4, -0.2) is 22.6 Å². The van der Waals surface area contributed by atoms with Gasteiger partial charge in [-0.25, -0.2) is 0 Å². The standard InChI is InChI=1S/C17H20N4O2/c1-10(2)16(20-9-19)21-14-12-7-11(8-18)5-6-13(12)23-17(3,4)15(14)22/h5-7,10,14-15,22H,1-4H3,(H,20,21). The van der Waals surface area contributed by atoms with E-state index in [1.165, 1.54) is 0 Å². The predicted octanol–water partition coefficient (Wildman–Crippen LogP) is 2.26. The van der Waals surface area contributed by atoms with Crippen molar-refractivity contribution in [3.05, 3.63) is 29.3 Å². The van der Waals surface area contributed by atoms with Crippen LogP contribution in [0.3, 0.4) is 0 Å². The van der Waals surface area contributed by atoms with Crippen molar-refractivity contribution in [2.24, 2.45) is 10.9 Å². The van der Waals surface area contributed by atoms with Crippen LogP contribution in [-0.2, 0) is 0 Å². The van der Waals surface area contributed by atoms with Gasteiger partial charge in [-0.3, -0.25) is 0 Å². The summed E-state index contributed by atoms with van der Waals surface area (Å²) in [6.45, 7) is 7.41. The molecule has 2 N–H and O–H groups in total. The maximum atomic E-state index is 10.7. The fourth-order valence-electron chi connectivity index (χ4n) is 2.57. The first-order chi connectivity index (χ1) is 10.8. The second-order valence-electron chi connectivity index (χ2n) is 6.39. The molecule has 1 aromatic rings. The Kier molecular flexibility index (Phi) is 4.58. The lowest BCUT2D eigenvalue weighted by Crippen LogP contribution is -2.54. The molecule has 120 valence electrons.